The number of hydrogen-bond acceptors (Lipinski definition) is 4. The lowest BCUT2D eigenvalue weighted by Crippen LogP contribution is -2.16. The van der Waals surface area contributed by atoms with Crippen molar-refractivity contribution < 1.29 is 9.53 Å². The van der Waals surface area contributed by atoms with E-state index in [1.807, 2.05) is 44.4 Å². The van der Waals surface area contributed by atoms with E-state index >= 15 is 0 Å². The number of aliphatic imine (C=N–C) groups is 1. The van der Waals surface area contributed by atoms with Crippen molar-refractivity contribution in [2.75, 3.05) is 27.2 Å². The molecule has 1 aromatic rings. The van der Waals surface area contributed by atoms with Crippen LogP contribution < -0.4 is 0 Å². The molecule has 0 saturated carbocycles. The van der Waals surface area contributed by atoms with E-state index in [0.29, 0.717) is 25.3 Å². The Morgan fingerprint density at radius 1 is 1.24 bits per heavy atom. The lowest BCUT2D eigenvalue weighted by molar-refractivity contribution is -0.134. The van der Waals surface area contributed by atoms with Gasteiger partial charge in [0.25, 0.3) is 0 Å². The number of hydrogen-bond donors (Lipinski definition) is 0. The van der Waals surface area contributed by atoms with Crippen LogP contribution in [0.5, 0.6) is 0 Å². The molecule has 0 unspecified atom stereocenters. The van der Waals surface area contributed by atoms with E-state index in [9.17, 15) is 4.79 Å². The number of carbonyl (C=O) groups is 1. The summed E-state index contributed by atoms with van der Waals surface area (Å²) >= 11 is 0. The van der Waals surface area contributed by atoms with Crippen LogP contribution in [0, 0.1) is 0 Å². The molecule has 0 saturated heterocycles. The molecule has 0 aliphatic heterocycles. The minimum atomic E-state index is -0.235. The van der Waals surface area contributed by atoms with E-state index in [-0.39, 0.29) is 5.97 Å². The molecular weight excluding hydrogens is 264 g/mol. The molecule has 0 spiro atoms. The van der Waals surface area contributed by atoms with Crippen LogP contribution >= 0.6 is 0 Å². The van der Waals surface area contributed by atoms with Crippen LogP contribution in [0.25, 0.3) is 0 Å². The van der Waals surface area contributed by atoms with Crippen molar-refractivity contribution in [3.05, 3.63) is 35.9 Å². The molecule has 116 valence electrons. The Morgan fingerprint density at radius 2 is 1.95 bits per heavy atom. The highest BCUT2D eigenvalue weighted by molar-refractivity contribution is 5.89. The van der Waals surface area contributed by atoms with Gasteiger partial charge in [0.05, 0.1) is 6.42 Å². The molecule has 4 nitrogen and oxygen atoms in total. The summed E-state index contributed by atoms with van der Waals surface area (Å²) in [6.07, 6.45) is 2.89. The van der Waals surface area contributed by atoms with Gasteiger partial charge in [0.15, 0.2) is 5.90 Å². The van der Waals surface area contributed by atoms with Gasteiger partial charge in [-0.2, -0.15) is 0 Å². The molecule has 0 radical (unpaired) electrons. The van der Waals surface area contributed by atoms with Crippen molar-refractivity contribution in [2.45, 2.75) is 32.6 Å². The van der Waals surface area contributed by atoms with Crippen LogP contribution in [0.3, 0.4) is 0 Å². The molecule has 4 heteroatoms. The normalized spacial score (nSPS) is 11.7. The number of nitrogens with zero attached hydrogens (tertiary/aromatic N) is 2. The van der Waals surface area contributed by atoms with Gasteiger partial charge in [0.1, 0.15) is 0 Å². The Morgan fingerprint density at radius 3 is 2.57 bits per heavy atom. The molecule has 0 atom stereocenters. The first kappa shape index (κ1) is 17.4. The topological polar surface area (TPSA) is 41.9 Å². The fraction of sp³-hybridized carbons (Fsp3) is 0.529. The zero-order valence-electron chi connectivity index (χ0n) is 13.3. The molecule has 0 heterocycles. The van der Waals surface area contributed by atoms with E-state index in [4.69, 9.17) is 4.74 Å². The maximum absolute atomic E-state index is 11.9. The third-order valence-electron chi connectivity index (χ3n) is 2.94. The zero-order valence-corrected chi connectivity index (χ0v) is 13.3. The molecule has 0 N–H and O–H groups in total. The van der Waals surface area contributed by atoms with Crippen LogP contribution in [0.2, 0.25) is 0 Å². The molecule has 1 aromatic carbocycles. The van der Waals surface area contributed by atoms with Crippen molar-refractivity contribution in [3.8, 4) is 0 Å². The van der Waals surface area contributed by atoms with Crippen LogP contribution in [0.15, 0.2) is 35.3 Å². The second-order valence-electron chi connectivity index (χ2n) is 5.32. The van der Waals surface area contributed by atoms with Crippen molar-refractivity contribution >= 4 is 11.9 Å². The highest BCUT2D eigenvalue weighted by Gasteiger charge is 2.09. The lowest BCUT2D eigenvalue weighted by atomic mass is 10.2. The fourth-order valence-corrected chi connectivity index (χ4v) is 1.90. The van der Waals surface area contributed by atoms with E-state index in [1.165, 1.54) is 0 Å². The second-order valence-corrected chi connectivity index (χ2v) is 5.32. The first-order chi connectivity index (χ1) is 10.1. The monoisotopic (exact) mass is 290 g/mol. The number of benzene rings is 1. The first-order valence-corrected chi connectivity index (χ1v) is 7.54. The SMILES string of the molecule is CCCC(=NCCCN(C)C)OC(=O)Cc1ccccc1. The number of rotatable bonds is 8. The van der Waals surface area contributed by atoms with Crippen LogP contribution in [0.4, 0.5) is 0 Å². The number of carbonyl (C=O) groups excluding carboxylic acids is 1. The predicted octanol–water partition coefficient (Wildman–Crippen LogP) is 2.92. The van der Waals surface area contributed by atoms with Gasteiger partial charge in [-0.1, -0.05) is 37.3 Å². The molecular formula is C17H26N2O2. The average Bonchev–Trinajstić information content (AvgIpc) is 2.44. The summed E-state index contributed by atoms with van der Waals surface area (Å²) in [5, 5.41) is 0. The Hall–Kier alpha value is -1.68. The third kappa shape index (κ3) is 8.25. The molecule has 1 rings (SSSR count). The Kier molecular flexibility index (Phi) is 8.36. The van der Waals surface area contributed by atoms with E-state index < -0.39 is 0 Å². The Bertz CT molecular complexity index is 441. The van der Waals surface area contributed by atoms with Gasteiger partial charge in [-0.05, 0) is 39.0 Å². The predicted molar refractivity (Wildman–Crippen MR) is 86.6 cm³/mol. The maximum Gasteiger partial charge on any atom is 0.316 e. The largest absolute Gasteiger partial charge is 0.412 e. The average molecular weight is 290 g/mol. The fourth-order valence-electron chi connectivity index (χ4n) is 1.90. The summed E-state index contributed by atoms with van der Waals surface area (Å²) < 4.78 is 5.40. The molecule has 0 aliphatic rings. The molecule has 0 amide bonds. The number of esters is 1. The zero-order chi connectivity index (χ0) is 15.5. The lowest BCUT2D eigenvalue weighted by Gasteiger charge is -2.09. The van der Waals surface area contributed by atoms with Crippen LogP contribution in [0.1, 0.15) is 31.7 Å². The smallest absolute Gasteiger partial charge is 0.316 e. The Balaban J connectivity index is 2.45. The van der Waals surface area contributed by atoms with Gasteiger partial charge in [-0.3, -0.25) is 9.79 Å². The first-order valence-electron chi connectivity index (χ1n) is 7.54. The molecule has 0 bridgehead atoms. The summed E-state index contributed by atoms with van der Waals surface area (Å²) in [5.41, 5.74) is 0.964. The summed E-state index contributed by atoms with van der Waals surface area (Å²) in [5.74, 6) is 0.332. The van der Waals surface area contributed by atoms with Crippen molar-refractivity contribution in [3.63, 3.8) is 0 Å². The summed E-state index contributed by atoms with van der Waals surface area (Å²) in [4.78, 5) is 18.5. The molecule has 0 fully saturated rings. The molecule has 0 aromatic heterocycles. The summed E-state index contributed by atoms with van der Waals surface area (Å²) in [6.45, 7) is 3.74. The van der Waals surface area contributed by atoms with E-state index in [0.717, 1.165) is 24.9 Å². The molecule has 21 heavy (non-hydrogen) atoms. The second kappa shape index (κ2) is 10.1. The van der Waals surface area contributed by atoms with Gasteiger partial charge in [-0.25, -0.2) is 0 Å². The van der Waals surface area contributed by atoms with Gasteiger partial charge in [-0.15, -0.1) is 0 Å². The van der Waals surface area contributed by atoms with Crippen molar-refractivity contribution in [1.82, 2.24) is 4.90 Å². The van der Waals surface area contributed by atoms with Gasteiger partial charge in [0, 0.05) is 13.0 Å². The van der Waals surface area contributed by atoms with Gasteiger partial charge >= 0.3 is 5.97 Å². The highest BCUT2D eigenvalue weighted by atomic mass is 16.5. The van der Waals surface area contributed by atoms with E-state index in [2.05, 4.69) is 16.8 Å². The molecule has 0 aliphatic carbocycles. The van der Waals surface area contributed by atoms with Gasteiger partial charge in [0.2, 0.25) is 0 Å². The summed E-state index contributed by atoms with van der Waals surface area (Å²) in [7, 11) is 4.08. The summed E-state index contributed by atoms with van der Waals surface area (Å²) in [6, 6.07) is 9.63. The minimum Gasteiger partial charge on any atom is -0.412 e. The van der Waals surface area contributed by atoms with Crippen LogP contribution in [-0.4, -0.2) is 44.0 Å². The third-order valence-corrected chi connectivity index (χ3v) is 2.94. The van der Waals surface area contributed by atoms with Gasteiger partial charge < -0.3 is 9.64 Å². The Labute approximate surface area is 127 Å². The van der Waals surface area contributed by atoms with Crippen molar-refractivity contribution in [1.29, 1.82) is 0 Å². The van der Waals surface area contributed by atoms with Crippen molar-refractivity contribution in [2.24, 2.45) is 4.99 Å². The highest BCUT2D eigenvalue weighted by Crippen LogP contribution is 2.03. The standard InChI is InChI=1S/C17H26N2O2/c1-4-9-16(18-12-8-13-19(2)3)21-17(20)14-15-10-6-5-7-11-15/h5-7,10-11H,4,8-9,12-14H2,1-3H3. The number of ether oxygens (including phenoxy) is 1. The quantitative estimate of drug-likeness (QED) is 0.320. The maximum atomic E-state index is 11.9. The van der Waals surface area contributed by atoms with Crippen LogP contribution in [-0.2, 0) is 16.0 Å². The van der Waals surface area contributed by atoms with E-state index in [1.54, 1.807) is 0 Å². The minimum absolute atomic E-state index is 0.235.